The lowest BCUT2D eigenvalue weighted by Gasteiger charge is -2.19. The van der Waals surface area contributed by atoms with E-state index in [9.17, 15) is 0 Å². The minimum atomic E-state index is 0.0275. The first-order chi connectivity index (χ1) is 9.74. The third-order valence-corrected chi connectivity index (χ3v) is 3.37. The molecule has 0 spiro atoms. The highest BCUT2D eigenvalue weighted by Gasteiger charge is 2.09. The van der Waals surface area contributed by atoms with Gasteiger partial charge in [0.05, 0.1) is 6.04 Å². The molecule has 0 saturated heterocycles. The van der Waals surface area contributed by atoms with E-state index in [0.29, 0.717) is 0 Å². The number of hydrogen-bond acceptors (Lipinski definition) is 1. The molecule has 2 aromatic rings. The molecule has 0 bridgehead atoms. The normalized spacial score (nSPS) is 11.7. The van der Waals surface area contributed by atoms with E-state index >= 15 is 0 Å². The van der Waals surface area contributed by atoms with Gasteiger partial charge in [-0.25, -0.2) is 0 Å². The molecule has 0 fully saturated rings. The van der Waals surface area contributed by atoms with Crippen LogP contribution < -0.4 is 5.32 Å². The van der Waals surface area contributed by atoms with Gasteiger partial charge >= 0.3 is 0 Å². The van der Waals surface area contributed by atoms with Crippen LogP contribution in [-0.2, 0) is 6.42 Å². The Kier molecular flexibility index (Phi) is 5.03. The Morgan fingerprint density at radius 2 is 1.90 bits per heavy atom. The molecule has 2 aromatic carbocycles. The van der Waals surface area contributed by atoms with Gasteiger partial charge in [0.1, 0.15) is 0 Å². The van der Waals surface area contributed by atoms with Crippen molar-refractivity contribution in [2.24, 2.45) is 0 Å². The predicted molar refractivity (Wildman–Crippen MR) is 88.4 cm³/mol. The van der Waals surface area contributed by atoms with Gasteiger partial charge in [0.15, 0.2) is 0 Å². The van der Waals surface area contributed by atoms with Gasteiger partial charge in [-0.2, -0.15) is 0 Å². The summed E-state index contributed by atoms with van der Waals surface area (Å²) in [4.78, 5) is 0. The number of allylic oxidation sites excluding steroid dienone is 1. The third kappa shape index (κ3) is 3.52. The van der Waals surface area contributed by atoms with E-state index in [0.717, 1.165) is 22.7 Å². The first-order valence-corrected chi connectivity index (χ1v) is 6.95. The number of rotatable bonds is 6. The van der Waals surface area contributed by atoms with E-state index < -0.39 is 0 Å². The Balaban J connectivity index is 2.26. The number of nitrogens with one attached hydrogen (secondary N) is 1. The first-order valence-electron chi connectivity index (χ1n) is 6.58. The fourth-order valence-corrected chi connectivity index (χ4v) is 2.34. The molecular formula is C18H18ClN. The highest BCUT2D eigenvalue weighted by atomic mass is 35.5. The van der Waals surface area contributed by atoms with Crippen LogP contribution in [0.25, 0.3) is 0 Å². The summed E-state index contributed by atoms with van der Waals surface area (Å²) in [5.41, 5.74) is 3.41. The maximum Gasteiger partial charge on any atom is 0.0696 e. The van der Waals surface area contributed by atoms with Crippen molar-refractivity contribution in [2.45, 2.75) is 12.5 Å². The second kappa shape index (κ2) is 6.97. The van der Waals surface area contributed by atoms with E-state index in [1.165, 1.54) is 5.56 Å². The number of benzene rings is 2. The van der Waals surface area contributed by atoms with E-state index in [-0.39, 0.29) is 6.04 Å². The molecule has 20 heavy (non-hydrogen) atoms. The topological polar surface area (TPSA) is 12.0 Å². The average molecular weight is 284 g/mol. The molecule has 0 aliphatic rings. The molecule has 2 rings (SSSR count). The minimum Gasteiger partial charge on any atom is -0.375 e. The van der Waals surface area contributed by atoms with Gasteiger partial charge in [-0.15, -0.1) is 13.2 Å². The quantitative estimate of drug-likeness (QED) is 0.699. The summed E-state index contributed by atoms with van der Waals surface area (Å²) in [5.74, 6) is 0. The second-order valence-corrected chi connectivity index (χ2v) is 5.00. The van der Waals surface area contributed by atoms with Crippen LogP contribution in [0.5, 0.6) is 0 Å². The summed E-state index contributed by atoms with van der Waals surface area (Å²) < 4.78 is 0. The second-order valence-electron chi connectivity index (χ2n) is 4.56. The van der Waals surface area contributed by atoms with Crippen LogP contribution in [0.1, 0.15) is 17.2 Å². The molecule has 1 nitrogen and oxygen atoms in total. The van der Waals surface area contributed by atoms with Crippen molar-refractivity contribution < 1.29 is 0 Å². The molecule has 0 unspecified atom stereocenters. The van der Waals surface area contributed by atoms with Crippen molar-refractivity contribution in [2.75, 3.05) is 5.32 Å². The van der Waals surface area contributed by atoms with E-state index in [2.05, 4.69) is 30.6 Å². The third-order valence-electron chi connectivity index (χ3n) is 3.14. The zero-order valence-electron chi connectivity index (χ0n) is 11.4. The van der Waals surface area contributed by atoms with Gasteiger partial charge in [0.2, 0.25) is 0 Å². The Morgan fingerprint density at radius 3 is 2.60 bits per heavy atom. The summed E-state index contributed by atoms with van der Waals surface area (Å²) in [6, 6.07) is 16.1. The van der Waals surface area contributed by atoms with Crippen LogP contribution in [0.4, 0.5) is 5.69 Å². The number of anilines is 1. The molecule has 1 N–H and O–H groups in total. The van der Waals surface area contributed by atoms with Crippen molar-refractivity contribution in [1.29, 1.82) is 0 Å². The molecule has 102 valence electrons. The smallest absolute Gasteiger partial charge is 0.0696 e. The zero-order chi connectivity index (χ0) is 14.4. The Bertz CT molecular complexity index is 604. The van der Waals surface area contributed by atoms with Gasteiger partial charge in [0.25, 0.3) is 0 Å². The van der Waals surface area contributed by atoms with Crippen LogP contribution in [0.2, 0.25) is 5.02 Å². The number of para-hydroxylation sites is 1. The molecule has 0 aliphatic heterocycles. The van der Waals surface area contributed by atoms with Gasteiger partial charge in [-0.05, 0) is 35.7 Å². The average Bonchev–Trinajstić information content (AvgIpc) is 2.46. The number of halogens is 1. The van der Waals surface area contributed by atoms with E-state index in [4.69, 9.17) is 11.6 Å². The molecule has 0 aromatic heterocycles. The van der Waals surface area contributed by atoms with Crippen molar-refractivity contribution >= 4 is 17.3 Å². The summed E-state index contributed by atoms with van der Waals surface area (Å²) in [7, 11) is 0. The standard InChI is InChI=1S/C18H18ClN/c1-3-8-14-9-5-6-12-18(14)20-17(4-2)15-10-7-11-16(19)13-15/h3-7,9-13,17,20H,1-2,8H2/t17-/m0/s1. The maximum atomic E-state index is 6.05. The Labute approximate surface area is 125 Å². The SMILES string of the molecule is C=CCc1ccccc1N[C@@H](C=C)c1cccc(Cl)c1. The van der Waals surface area contributed by atoms with Crippen molar-refractivity contribution in [3.63, 3.8) is 0 Å². The minimum absolute atomic E-state index is 0.0275. The number of hydrogen-bond donors (Lipinski definition) is 1. The fourth-order valence-electron chi connectivity index (χ4n) is 2.14. The molecular weight excluding hydrogens is 266 g/mol. The lowest BCUT2D eigenvalue weighted by atomic mass is 10.0. The molecule has 0 saturated carbocycles. The van der Waals surface area contributed by atoms with Crippen LogP contribution in [0, 0.1) is 0 Å². The van der Waals surface area contributed by atoms with Crippen molar-refractivity contribution in [3.8, 4) is 0 Å². The Morgan fingerprint density at radius 1 is 1.10 bits per heavy atom. The molecule has 0 heterocycles. The van der Waals surface area contributed by atoms with Crippen LogP contribution in [-0.4, -0.2) is 0 Å². The summed E-state index contributed by atoms with van der Waals surface area (Å²) in [6.45, 7) is 7.71. The van der Waals surface area contributed by atoms with E-state index in [1.54, 1.807) is 0 Å². The highest BCUT2D eigenvalue weighted by molar-refractivity contribution is 6.30. The van der Waals surface area contributed by atoms with Gasteiger partial charge in [-0.1, -0.05) is 54.1 Å². The van der Waals surface area contributed by atoms with E-state index in [1.807, 2.05) is 48.6 Å². The lowest BCUT2D eigenvalue weighted by molar-refractivity contribution is 0.981. The molecule has 0 aliphatic carbocycles. The van der Waals surface area contributed by atoms with Crippen LogP contribution in [0.3, 0.4) is 0 Å². The Hall–Kier alpha value is -1.99. The molecule has 0 radical (unpaired) electrons. The van der Waals surface area contributed by atoms with Gasteiger partial charge in [-0.3, -0.25) is 0 Å². The largest absolute Gasteiger partial charge is 0.375 e. The summed E-state index contributed by atoms with van der Waals surface area (Å²) in [6.07, 6.45) is 4.63. The predicted octanol–water partition coefficient (Wildman–Crippen LogP) is 5.41. The highest BCUT2D eigenvalue weighted by Crippen LogP contribution is 2.25. The maximum absolute atomic E-state index is 6.05. The molecule has 0 amide bonds. The van der Waals surface area contributed by atoms with Crippen molar-refractivity contribution in [1.82, 2.24) is 0 Å². The molecule has 2 heteroatoms. The fraction of sp³-hybridized carbons (Fsp3) is 0.111. The first kappa shape index (κ1) is 14.4. The summed E-state index contributed by atoms with van der Waals surface area (Å²) in [5, 5.41) is 4.23. The zero-order valence-corrected chi connectivity index (χ0v) is 12.1. The lowest BCUT2D eigenvalue weighted by Crippen LogP contribution is -2.09. The van der Waals surface area contributed by atoms with Crippen molar-refractivity contribution in [3.05, 3.63) is 90.0 Å². The molecule has 1 atom stereocenters. The monoisotopic (exact) mass is 283 g/mol. The van der Waals surface area contributed by atoms with Crippen LogP contribution >= 0.6 is 11.6 Å². The summed E-state index contributed by atoms with van der Waals surface area (Å²) >= 11 is 6.05. The van der Waals surface area contributed by atoms with Gasteiger partial charge in [0, 0.05) is 10.7 Å². The van der Waals surface area contributed by atoms with Gasteiger partial charge < -0.3 is 5.32 Å². The van der Waals surface area contributed by atoms with Crippen LogP contribution in [0.15, 0.2) is 73.8 Å².